The van der Waals surface area contributed by atoms with E-state index in [1.807, 2.05) is 42.5 Å². The van der Waals surface area contributed by atoms with Crippen molar-refractivity contribution >= 4 is 17.7 Å². The van der Waals surface area contributed by atoms with E-state index in [0.29, 0.717) is 11.5 Å². The first-order chi connectivity index (χ1) is 13.6. The minimum atomic E-state index is -0.113. The van der Waals surface area contributed by atoms with Crippen LogP contribution in [0.2, 0.25) is 0 Å². The summed E-state index contributed by atoms with van der Waals surface area (Å²) in [5.74, 6) is 0.435. The Morgan fingerprint density at radius 3 is 2.71 bits per heavy atom. The first kappa shape index (κ1) is 20.8. The smallest absolute Gasteiger partial charge is 0.256 e. The molecule has 0 unspecified atom stereocenters. The molecule has 0 radical (unpaired) electrons. The van der Waals surface area contributed by atoms with Crippen molar-refractivity contribution in [1.82, 2.24) is 14.8 Å². The molecule has 1 saturated heterocycles. The summed E-state index contributed by atoms with van der Waals surface area (Å²) in [7, 11) is 1.88. The molecule has 1 aromatic heterocycles. The van der Waals surface area contributed by atoms with Crippen LogP contribution in [0.3, 0.4) is 0 Å². The summed E-state index contributed by atoms with van der Waals surface area (Å²) in [6.07, 6.45) is 6.54. The molecule has 1 amide bonds. The summed E-state index contributed by atoms with van der Waals surface area (Å²) in [6, 6.07) is 10.7. The third kappa shape index (κ3) is 5.32. The van der Waals surface area contributed by atoms with E-state index in [4.69, 9.17) is 0 Å². The first-order valence-electron chi connectivity index (χ1n) is 9.78. The van der Waals surface area contributed by atoms with Gasteiger partial charge in [0.2, 0.25) is 0 Å². The van der Waals surface area contributed by atoms with Crippen LogP contribution in [0.5, 0.6) is 0 Å². The van der Waals surface area contributed by atoms with Crippen LogP contribution < -0.4 is 0 Å². The summed E-state index contributed by atoms with van der Waals surface area (Å²) in [5, 5.41) is 0.780. The topological polar surface area (TPSA) is 36.4 Å². The van der Waals surface area contributed by atoms with E-state index >= 15 is 0 Å². The summed E-state index contributed by atoms with van der Waals surface area (Å²) in [6.45, 7) is 3.66. The highest BCUT2D eigenvalue weighted by Crippen LogP contribution is 2.22. The van der Waals surface area contributed by atoms with Gasteiger partial charge in [0, 0.05) is 26.3 Å². The lowest BCUT2D eigenvalue weighted by Gasteiger charge is -2.34. The highest BCUT2D eigenvalue weighted by atomic mass is 32.2. The number of benzene rings is 1. The number of hydrogen-bond donors (Lipinski definition) is 0. The number of rotatable bonds is 7. The second-order valence-corrected chi connectivity index (χ2v) is 8.17. The molecular formula is C22H28FN3OS. The largest absolute Gasteiger partial charge is 0.341 e. The van der Waals surface area contributed by atoms with Crippen molar-refractivity contribution < 1.29 is 9.18 Å². The maximum Gasteiger partial charge on any atom is 0.256 e. The van der Waals surface area contributed by atoms with E-state index in [-0.39, 0.29) is 11.7 Å². The van der Waals surface area contributed by atoms with E-state index in [2.05, 4.69) is 9.88 Å². The normalized spacial score (nSPS) is 15.5. The third-order valence-corrected chi connectivity index (χ3v) is 6.15. The van der Waals surface area contributed by atoms with Crippen LogP contribution in [0.1, 0.15) is 28.8 Å². The number of nitrogens with zero attached hydrogens (tertiary/aromatic N) is 3. The molecule has 0 saturated carbocycles. The van der Waals surface area contributed by atoms with Crippen molar-refractivity contribution in [3.05, 3.63) is 59.5 Å². The molecule has 1 aliphatic heterocycles. The summed E-state index contributed by atoms with van der Waals surface area (Å²) >= 11 is 1.50. The molecule has 0 spiro atoms. The quantitative estimate of drug-likeness (QED) is 0.658. The van der Waals surface area contributed by atoms with Crippen LogP contribution in [-0.4, -0.2) is 60.2 Å². The van der Waals surface area contributed by atoms with Gasteiger partial charge in [-0.15, -0.1) is 11.8 Å². The van der Waals surface area contributed by atoms with Gasteiger partial charge in [0.25, 0.3) is 5.91 Å². The molecule has 1 aromatic carbocycles. The zero-order valence-electron chi connectivity index (χ0n) is 16.6. The lowest BCUT2D eigenvalue weighted by atomic mass is 9.95. The van der Waals surface area contributed by atoms with Crippen molar-refractivity contribution in [2.24, 2.45) is 5.92 Å². The second-order valence-electron chi connectivity index (χ2n) is 7.37. The Hall–Kier alpha value is -1.92. The minimum absolute atomic E-state index is 0.0411. The number of hydrogen-bond acceptors (Lipinski definition) is 4. The number of halogens is 1. The molecule has 1 fully saturated rings. The van der Waals surface area contributed by atoms with Crippen LogP contribution >= 0.6 is 11.8 Å². The fourth-order valence-electron chi connectivity index (χ4n) is 3.76. The van der Waals surface area contributed by atoms with E-state index in [1.165, 1.54) is 17.8 Å². The fourth-order valence-corrected chi connectivity index (χ4v) is 4.31. The Bertz CT molecular complexity index is 793. The van der Waals surface area contributed by atoms with Gasteiger partial charge in [-0.2, -0.15) is 0 Å². The third-order valence-electron chi connectivity index (χ3n) is 5.44. The molecule has 150 valence electrons. The predicted octanol–water partition coefficient (Wildman–Crippen LogP) is 3.97. The Morgan fingerprint density at radius 1 is 1.25 bits per heavy atom. The van der Waals surface area contributed by atoms with Gasteiger partial charge in [-0.1, -0.05) is 18.2 Å². The lowest BCUT2D eigenvalue weighted by molar-refractivity contribution is 0.0736. The SMILES string of the molecule is CSc1ncccc1C(=O)N(C)CC1CCN(CCc2ccccc2F)CC1. The number of carbonyl (C=O) groups is 1. The molecule has 0 aliphatic carbocycles. The van der Waals surface area contributed by atoms with Gasteiger partial charge in [-0.3, -0.25) is 4.79 Å². The molecule has 28 heavy (non-hydrogen) atoms. The standard InChI is InChI=1S/C22H28FN3OS/c1-25(22(27)19-7-5-12-24-21(19)28-2)16-17-9-13-26(14-10-17)15-11-18-6-3-4-8-20(18)23/h3-8,12,17H,9-11,13-16H2,1-2H3. The van der Waals surface area contributed by atoms with Crippen molar-refractivity contribution in [3.8, 4) is 0 Å². The molecule has 2 heterocycles. The molecule has 4 nitrogen and oxygen atoms in total. The van der Waals surface area contributed by atoms with E-state index in [0.717, 1.165) is 56.0 Å². The molecule has 3 rings (SSSR count). The zero-order chi connectivity index (χ0) is 19.9. The number of aromatic nitrogens is 1. The molecular weight excluding hydrogens is 373 g/mol. The molecule has 0 N–H and O–H groups in total. The number of pyridine rings is 1. The van der Waals surface area contributed by atoms with Crippen molar-refractivity contribution in [2.75, 3.05) is 39.5 Å². The van der Waals surface area contributed by atoms with Crippen LogP contribution in [0.15, 0.2) is 47.6 Å². The van der Waals surface area contributed by atoms with Crippen LogP contribution in [0.25, 0.3) is 0 Å². The highest BCUT2D eigenvalue weighted by Gasteiger charge is 2.23. The van der Waals surface area contributed by atoms with Crippen LogP contribution in [0.4, 0.5) is 4.39 Å². The average Bonchev–Trinajstić information content (AvgIpc) is 2.73. The molecule has 0 bridgehead atoms. The summed E-state index contributed by atoms with van der Waals surface area (Å²) < 4.78 is 13.8. The Kier molecular flexibility index (Phi) is 7.45. The number of piperidine rings is 1. The summed E-state index contributed by atoms with van der Waals surface area (Å²) in [5.41, 5.74) is 1.47. The number of thioether (sulfide) groups is 1. The monoisotopic (exact) mass is 401 g/mol. The summed E-state index contributed by atoms with van der Waals surface area (Å²) in [4.78, 5) is 21.3. The fraction of sp³-hybridized carbons (Fsp3) is 0.455. The van der Waals surface area contributed by atoms with Crippen LogP contribution in [-0.2, 0) is 6.42 Å². The highest BCUT2D eigenvalue weighted by molar-refractivity contribution is 7.98. The second kappa shape index (κ2) is 10.0. The van der Waals surface area contributed by atoms with Crippen molar-refractivity contribution in [3.63, 3.8) is 0 Å². The van der Waals surface area contributed by atoms with Gasteiger partial charge in [0.15, 0.2) is 0 Å². The van der Waals surface area contributed by atoms with E-state index in [1.54, 1.807) is 12.3 Å². The molecule has 6 heteroatoms. The van der Waals surface area contributed by atoms with E-state index in [9.17, 15) is 9.18 Å². The maximum atomic E-state index is 13.8. The molecule has 0 atom stereocenters. The van der Waals surface area contributed by atoms with Crippen LogP contribution in [0, 0.1) is 11.7 Å². The predicted molar refractivity (Wildman–Crippen MR) is 112 cm³/mol. The number of carbonyl (C=O) groups excluding carboxylic acids is 1. The molecule has 2 aromatic rings. The Balaban J connectivity index is 1.46. The number of likely N-dealkylation sites (tertiary alicyclic amines) is 1. The first-order valence-corrected chi connectivity index (χ1v) is 11.0. The van der Waals surface area contributed by atoms with Gasteiger partial charge >= 0.3 is 0 Å². The maximum absolute atomic E-state index is 13.8. The van der Waals surface area contributed by atoms with Gasteiger partial charge in [-0.05, 0) is 68.3 Å². The van der Waals surface area contributed by atoms with Gasteiger partial charge in [-0.25, -0.2) is 9.37 Å². The van der Waals surface area contributed by atoms with Crippen molar-refractivity contribution in [1.29, 1.82) is 0 Å². The Labute approximate surface area is 171 Å². The molecule has 1 aliphatic rings. The average molecular weight is 402 g/mol. The van der Waals surface area contributed by atoms with Crippen molar-refractivity contribution in [2.45, 2.75) is 24.3 Å². The Morgan fingerprint density at radius 2 is 2.00 bits per heavy atom. The zero-order valence-corrected chi connectivity index (χ0v) is 17.4. The van der Waals surface area contributed by atoms with E-state index < -0.39 is 0 Å². The van der Waals surface area contributed by atoms with Gasteiger partial charge in [0.05, 0.1) is 5.56 Å². The lowest BCUT2D eigenvalue weighted by Crippen LogP contribution is -2.40. The number of amides is 1. The van der Waals surface area contributed by atoms with Gasteiger partial charge < -0.3 is 9.80 Å². The minimum Gasteiger partial charge on any atom is -0.341 e. The van der Waals surface area contributed by atoms with Gasteiger partial charge in [0.1, 0.15) is 10.8 Å².